The number of amidine groups is 1. The molecule has 6 nitrogen and oxygen atoms in total. The molecule has 1 aliphatic heterocycles. The van der Waals surface area contributed by atoms with E-state index in [4.69, 9.17) is 4.74 Å². The summed E-state index contributed by atoms with van der Waals surface area (Å²) >= 11 is 1.53. The number of allylic oxidation sites excluding steroid dienone is 1. The van der Waals surface area contributed by atoms with Crippen LogP contribution in [-0.2, 0) is 22.4 Å². The highest BCUT2D eigenvalue weighted by molar-refractivity contribution is 7.14. The van der Waals surface area contributed by atoms with Gasteiger partial charge in [-0.15, -0.1) is 11.3 Å². The number of para-hydroxylation sites is 2. The van der Waals surface area contributed by atoms with Gasteiger partial charge >= 0.3 is 5.97 Å². The van der Waals surface area contributed by atoms with Gasteiger partial charge in [-0.05, 0) is 62.8 Å². The third-order valence-electron chi connectivity index (χ3n) is 5.25. The lowest BCUT2D eigenvalue weighted by Crippen LogP contribution is -2.35. The van der Waals surface area contributed by atoms with E-state index < -0.39 is 5.97 Å². The second-order valence-corrected chi connectivity index (χ2v) is 8.39. The van der Waals surface area contributed by atoms with E-state index in [1.165, 1.54) is 28.2 Å². The van der Waals surface area contributed by atoms with E-state index in [0.717, 1.165) is 24.9 Å². The van der Waals surface area contributed by atoms with E-state index >= 15 is 0 Å². The van der Waals surface area contributed by atoms with Crippen LogP contribution in [0.4, 0.5) is 11.4 Å². The van der Waals surface area contributed by atoms with Crippen LogP contribution in [-0.4, -0.2) is 24.3 Å². The molecule has 156 valence electrons. The Morgan fingerprint density at radius 3 is 2.77 bits per heavy atom. The number of carbonyl (C=O) groups excluding carboxylic acids is 2. The smallest absolute Gasteiger partial charge is 0.343 e. The van der Waals surface area contributed by atoms with Crippen molar-refractivity contribution < 1.29 is 14.3 Å². The molecule has 0 spiro atoms. The summed E-state index contributed by atoms with van der Waals surface area (Å²) in [7, 11) is 0. The van der Waals surface area contributed by atoms with E-state index in [2.05, 4.69) is 15.6 Å². The Morgan fingerprint density at radius 2 is 2.00 bits per heavy atom. The summed E-state index contributed by atoms with van der Waals surface area (Å²) in [5, 5.41) is 6.20. The summed E-state index contributed by atoms with van der Waals surface area (Å²) in [6, 6.07) is 9.50. The molecule has 0 unspecified atom stereocenters. The van der Waals surface area contributed by atoms with Gasteiger partial charge in [-0.3, -0.25) is 4.79 Å². The highest BCUT2D eigenvalue weighted by atomic mass is 32.1. The number of hydrogen-bond acceptors (Lipinski definition) is 6. The van der Waals surface area contributed by atoms with Gasteiger partial charge in [-0.25, -0.2) is 9.79 Å². The Labute approximate surface area is 180 Å². The first-order chi connectivity index (χ1) is 14.6. The number of thiophene rings is 1. The molecule has 0 atom stereocenters. The van der Waals surface area contributed by atoms with Crippen molar-refractivity contribution in [3.63, 3.8) is 0 Å². The Morgan fingerprint density at radius 1 is 1.20 bits per heavy atom. The molecule has 1 aromatic heterocycles. The van der Waals surface area contributed by atoms with Gasteiger partial charge in [-0.1, -0.05) is 19.1 Å². The fourth-order valence-electron chi connectivity index (χ4n) is 3.77. The molecule has 2 N–H and O–H groups in total. The molecule has 1 aromatic carbocycles. The van der Waals surface area contributed by atoms with Crippen molar-refractivity contribution in [1.82, 2.24) is 5.32 Å². The van der Waals surface area contributed by atoms with Crippen LogP contribution in [0.3, 0.4) is 0 Å². The van der Waals surface area contributed by atoms with Crippen molar-refractivity contribution in [3.05, 3.63) is 56.9 Å². The number of anilines is 1. The molecule has 1 aliphatic carbocycles. The molecule has 30 heavy (non-hydrogen) atoms. The van der Waals surface area contributed by atoms with Gasteiger partial charge < -0.3 is 15.4 Å². The normalized spacial score (nSPS) is 15.3. The third-order valence-corrected chi connectivity index (χ3v) is 6.48. The second kappa shape index (κ2) is 8.83. The summed E-state index contributed by atoms with van der Waals surface area (Å²) in [6.45, 7) is 3.95. The topological polar surface area (TPSA) is 79.8 Å². The minimum atomic E-state index is -0.501. The molecule has 2 aliphatic rings. The zero-order chi connectivity index (χ0) is 21.1. The standard InChI is InChI=1S/C23H25N3O3S/c1-3-15-20(23(28)29-4-2)21(25-17-11-7-6-10-16(17)24-15)26-22(27)19-13-14-9-5-8-12-18(14)30-19/h6-7,10-11,13,24H,3-5,8-9,12H2,1-2H3,(H,25,26,27). The zero-order valence-electron chi connectivity index (χ0n) is 17.2. The monoisotopic (exact) mass is 423 g/mol. The molecule has 2 aromatic rings. The van der Waals surface area contributed by atoms with Crippen molar-refractivity contribution in [2.24, 2.45) is 4.99 Å². The van der Waals surface area contributed by atoms with Gasteiger partial charge in [0.1, 0.15) is 11.4 Å². The summed E-state index contributed by atoms with van der Waals surface area (Å²) in [5.41, 5.74) is 3.64. The van der Waals surface area contributed by atoms with E-state index in [-0.39, 0.29) is 23.9 Å². The molecule has 0 bridgehead atoms. The molecule has 0 radical (unpaired) electrons. The van der Waals surface area contributed by atoms with Crippen LogP contribution in [0.1, 0.15) is 53.2 Å². The van der Waals surface area contributed by atoms with Crippen LogP contribution < -0.4 is 10.6 Å². The highest BCUT2D eigenvalue weighted by Gasteiger charge is 2.28. The second-order valence-electron chi connectivity index (χ2n) is 7.25. The average molecular weight is 424 g/mol. The number of nitrogens with one attached hydrogen (secondary N) is 2. The number of hydrogen-bond donors (Lipinski definition) is 2. The Hall–Kier alpha value is -2.93. The van der Waals surface area contributed by atoms with Crippen LogP contribution in [0.15, 0.2) is 46.6 Å². The number of esters is 1. The van der Waals surface area contributed by atoms with E-state index in [9.17, 15) is 9.59 Å². The van der Waals surface area contributed by atoms with E-state index in [1.807, 2.05) is 37.3 Å². The number of amides is 1. The maximum Gasteiger partial charge on any atom is 0.343 e. The molecule has 4 rings (SSSR count). The fourth-order valence-corrected chi connectivity index (χ4v) is 4.92. The Bertz CT molecular complexity index is 1030. The highest BCUT2D eigenvalue weighted by Crippen LogP contribution is 2.32. The predicted octanol–water partition coefficient (Wildman–Crippen LogP) is 4.74. The van der Waals surface area contributed by atoms with E-state index in [1.54, 1.807) is 6.92 Å². The van der Waals surface area contributed by atoms with Gasteiger partial charge in [-0.2, -0.15) is 0 Å². The first-order valence-electron chi connectivity index (χ1n) is 10.4. The maximum absolute atomic E-state index is 13.1. The minimum Gasteiger partial charge on any atom is -0.462 e. The zero-order valence-corrected chi connectivity index (χ0v) is 18.0. The number of carbonyl (C=O) groups is 2. The van der Waals surface area contributed by atoms with Crippen LogP contribution in [0, 0.1) is 0 Å². The molecular weight excluding hydrogens is 398 g/mol. The molecule has 0 fully saturated rings. The lowest BCUT2D eigenvalue weighted by atomic mass is 9.99. The number of fused-ring (bicyclic) bond motifs is 2. The molecule has 2 heterocycles. The predicted molar refractivity (Wildman–Crippen MR) is 120 cm³/mol. The SMILES string of the molecule is CCOC(=O)C1=C(CC)Nc2ccccc2N=C1NC(=O)c1cc2c(s1)CCCC2. The van der Waals surface area contributed by atoms with Gasteiger partial charge in [0.25, 0.3) is 5.91 Å². The summed E-state index contributed by atoms with van der Waals surface area (Å²) < 4.78 is 5.29. The molecule has 0 saturated heterocycles. The Balaban J connectivity index is 1.73. The largest absolute Gasteiger partial charge is 0.462 e. The minimum absolute atomic E-state index is 0.221. The third kappa shape index (κ3) is 4.03. The van der Waals surface area contributed by atoms with Crippen molar-refractivity contribution in [2.75, 3.05) is 11.9 Å². The van der Waals surface area contributed by atoms with Crippen LogP contribution in [0.2, 0.25) is 0 Å². The number of rotatable bonds is 4. The quantitative estimate of drug-likeness (QED) is 0.696. The number of aliphatic imine (C=N–C) groups is 1. The Kier molecular flexibility index (Phi) is 5.99. The van der Waals surface area contributed by atoms with Gasteiger partial charge in [0.2, 0.25) is 0 Å². The van der Waals surface area contributed by atoms with Crippen LogP contribution >= 0.6 is 11.3 Å². The summed E-state index contributed by atoms with van der Waals surface area (Å²) in [6.07, 6.45) is 4.93. The molecule has 1 amide bonds. The number of benzene rings is 1. The molecule has 7 heteroatoms. The molecule has 0 saturated carbocycles. The first-order valence-corrected chi connectivity index (χ1v) is 11.2. The molecular formula is C23H25N3O3S. The summed E-state index contributed by atoms with van der Waals surface area (Å²) in [4.78, 5) is 32.5. The van der Waals surface area contributed by atoms with Crippen LogP contribution in [0.5, 0.6) is 0 Å². The number of nitrogens with zero attached hydrogens (tertiary/aromatic N) is 1. The van der Waals surface area contributed by atoms with Crippen molar-refractivity contribution >= 4 is 40.4 Å². The van der Waals surface area contributed by atoms with Crippen LogP contribution in [0.25, 0.3) is 0 Å². The van der Waals surface area contributed by atoms with E-state index in [0.29, 0.717) is 22.7 Å². The van der Waals surface area contributed by atoms with Gasteiger partial charge in [0.05, 0.1) is 22.9 Å². The van der Waals surface area contributed by atoms with Gasteiger partial charge in [0.15, 0.2) is 0 Å². The first kappa shape index (κ1) is 20.3. The van der Waals surface area contributed by atoms with Gasteiger partial charge in [0, 0.05) is 10.6 Å². The lowest BCUT2D eigenvalue weighted by molar-refractivity contribution is -0.137. The number of aryl methyl sites for hydroxylation is 2. The maximum atomic E-state index is 13.1. The number of ether oxygens (including phenoxy) is 1. The van der Waals surface area contributed by atoms with Crippen molar-refractivity contribution in [1.29, 1.82) is 0 Å². The average Bonchev–Trinajstić information content (AvgIpc) is 3.12. The lowest BCUT2D eigenvalue weighted by Gasteiger charge is -2.14. The van der Waals surface area contributed by atoms with Crippen molar-refractivity contribution in [3.8, 4) is 0 Å². The fraction of sp³-hybridized carbons (Fsp3) is 0.348. The summed E-state index contributed by atoms with van der Waals surface area (Å²) in [5.74, 6) is -0.525. The van der Waals surface area contributed by atoms with Crippen molar-refractivity contribution in [2.45, 2.75) is 46.0 Å².